The molecular formula is C16H24N2O3S. The van der Waals surface area contributed by atoms with Crippen molar-refractivity contribution in [1.82, 2.24) is 10.2 Å². The predicted molar refractivity (Wildman–Crippen MR) is 87.7 cm³/mol. The Hall–Kier alpha value is -1.24. The van der Waals surface area contributed by atoms with Crippen LogP contribution in [0.2, 0.25) is 0 Å². The molecule has 122 valence electrons. The number of hydrogen-bond acceptors (Lipinski definition) is 5. The second-order valence-electron chi connectivity index (χ2n) is 5.99. The van der Waals surface area contributed by atoms with Gasteiger partial charge in [0, 0.05) is 25.7 Å². The Labute approximate surface area is 135 Å². The van der Waals surface area contributed by atoms with E-state index in [0.29, 0.717) is 16.3 Å². The number of carbonyl (C=O) groups excluding carboxylic acids is 2. The number of morpholine rings is 1. The summed E-state index contributed by atoms with van der Waals surface area (Å²) in [6, 6.07) is 3.67. The van der Waals surface area contributed by atoms with Gasteiger partial charge in [0.05, 0.1) is 22.0 Å². The highest BCUT2D eigenvalue weighted by Gasteiger charge is 2.26. The van der Waals surface area contributed by atoms with Crippen LogP contribution in [0.25, 0.3) is 0 Å². The molecule has 1 aromatic heterocycles. The molecule has 1 aliphatic rings. The van der Waals surface area contributed by atoms with E-state index >= 15 is 0 Å². The van der Waals surface area contributed by atoms with Gasteiger partial charge in [-0.25, -0.2) is 0 Å². The Bertz CT molecular complexity index is 533. The van der Waals surface area contributed by atoms with E-state index in [0.717, 1.165) is 13.1 Å². The molecule has 0 aliphatic carbocycles. The van der Waals surface area contributed by atoms with E-state index in [-0.39, 0.29) is 29.9 Å². The van der Waals surface area contributed by atoms with Gasteiger partial charge in [-0.15, -0.1) is 11.3 Å². The van der Waals surface area contributed by atoms with E-state index in [9.17, 15) is 9.59 Å². The van der Waals surface area contributed by atoms with Crippen molar-refractivity contribution in [2.45, 2.75) is 45.9 Å². The van der Waals surface area contributed by atoms with Crippen molar-refractivity contribution in [1.29, 1.82) is 0 Å². The van der Waals surface area contributed by atoms with E-state index < -0.39 is 0 Å². The number of nitrogens with zero attached hydrogens (tertiary/aromatic N) is 1. The van der Waals surface area contributed by atoms with Crippen molar-refractivity contribution in [2.24, 2.45) is 0 Å². The van der Waals surface area contributed by atoms with E-state index in [2.05, 4.69) is 31.0 Å². The molecule has 1 N–H and O–H groups in total. The van der Waals surface area contributed by atoms with E-state index in [4.69, 9.17) is 4.74 Å². The second kappa shape index (κ2) is 7.35. The maximum Gasteiger partial charge on any atom is 0.261 e. The summed E-state index contributed by atoms with van der Waals surface area (Å²) < 4.78 is 5.73. The Balaban J connectivity index is 1.85. The number of carbonyl (C=O) groups is 2. The third-order valence-corrected chi connectivity index (χ3v) is 4.99. The van der Waals surface area contributed by atoms with Gasteiger partial charge >= 0.3 is 0 Å². The molecule has 0 saturated carbocycles. The number of amides is 1. The van der Waals surface area contributed by atoms with Crippen molar-refractivity contribution in [3.63, 3.8) is 0 Å². The first-order valence-electron chi connectivity index (χ1n) is 7.65. The topological polar surface area (TPSA) is 58.6 Å². The van der Waals surface area contributed by atoms with Crippen molar-refractivity contribution < 1.29 is 14.3 Å². The Kier molecular flexibility index (Phi) is 5.72. The molecule has 1 aliphatic heterocycles. The van der Waals surface area contributed by atoms with Crippen LogP contribution in [0.5, 0.6) is 0 Å². The molecule has 22 heavy (non-hydrogen) atoms. The summed E-state index contributed by atoms with van der Waals surface area (Å²) in [6.45, 7) is 10.1. The van der Waals surface area contributed by atoms with Gasteiger partial charge in [0.1, 0.15) is 0 Å². The molecule has 6 heteroatoms. The lowest BCUT2D eigenvalue weighted by Gasteiger charge is -2.38. The van der Waals surface area contributed by atoms with Crippen LogP contribution in [0.4, 0.5) is 0 Å². The molecular weight excluding hydrogens is 300 g/mol. The lowest BCUT2D eigenvalue weighted by atomic mass is 10.1. The van der Waals surface area contributed by atoms with Gasteiger partial charge in [-0.3, -0.25) is 14.5 Å². The van der Waals surface area contributed by atoms with Gasteiger partial charge in [0.15, 0.2) is 5.78 Å². The van der Waals surface area contributed by atoms with E-state index in [1.165, 1.54) is 18.3 Å². The molecule has 1 saturated heterocycles. The molecule has 0 bridgehead atoms. The van der Waals surface area contributed by atoms with Crippen LogP contribution in [0, 0.1) is 0 Å². The van der Waals surface area contributed by atoms with Crippen LogP contribution in [0.1, 0.15) is 47.0 Å². The quantitative estimate of drug-likeness (QED) is 0.844. The molecule has 0 spiro atoms. The van der Waals surface area contributed by atoms with Crippen LogP contribution in [-0.2, 0) is 4.74 Å². The molecule has 1 aromatic rings. The SMILES string of the molecule is CC(=O)c1ccc(C(=O)NC[C@H](C)N2C[C@@H](C)O[C@H](C)C2)s1. The zero-order valence-corrected chi connectivity index (χ0v) is 14.4. The maximum atomic E-state index is 12.1. The smallest absolute Gasteiger partial charge is 0.261 e. The minimum absolute atomic E-state index is 0.00582. The lowest BCUT2D eigenvalue weighted by Crippen LogP contribution is -2.52. The number of ketones is 1. The average molecular weight is 324 g/mol. The largest absolute Gasteiger partial charge is 0.373 e. The summed E-state index contributed by atoms with van der Waals surface area (Å²) in [6.07, 6.45) is 0.439. The Morgan fingerprint density at radius 2 is 1.91 bits per heavy atom. The molecule has 0 aromatic carbocycles. The summed E-state index contributed by atoms with van der Waals surface area (Å²) in [5, 5.41) is 2.96. The normalized spacial score (nSPS) is 24.0. The Morgan fingerprint density at radius 3 is 2.45 bits per heavy atom. The van der Waals surface area contributed by atoms with Crippen LogP contribution in [-0.4, -0.2) is 54.5 Å². The molecule has 2 rings (SSSR count). The number of thiophene rings is 1. The highest BCUT2D eigenvalue weighted by Crippen LogP contribution is 2.17. The van der Waals surface area contributed by atoms with Crippen LogP contribution in [0.3, 0.4) is 0 Å². The van der Waals surface area contributed by atoms with Gasteiger partial charge < -0.3 is 10.1 Å². The molecule has 0 unspecified atom stereocenters. The predicted octanol–water partition coefficient (Wildman–Crippen LogP) is 2.18. The second-order valence-corrected chi connectivity index (χ2v) is 7.07. The van der Waals surface area contributed by atoms with Crippen LogP contribution >= 0.6 is 11.3 Å². The van der Waals surface area contributed by atoms with E-state index in [1.807, 2.05) is 0 Å². The van der Waals surface area contributed by atoms with Gasteiger partial charge in [-0.2, -0.15) is 0 Å². The first-order valence-corrected chi connectivity index (χ1v) is 8.47. The highest BCUT2D eigenvalue weighted by molar-refractivity contribution is 7.15. The molecule has 0 radical (unpaired) electrons. The molecule has 2 heterocycles. The standard InChI is InChI=1S/C16H24N2O3S/c1-10(18-8-11(2)21-12(3)9-18)7-17-16(20)15-6-5-14(22-15)13(4)19/h5-6,10-12H,7-9H2,1-4H3,(H,17,20)/t10-,11+,12+/m0/s1. The average Bonchev–Trinajstić information content (AvgIpc) is 2.93. The highest BCUT2D eigenvalue weighted by atomic mass is 32.1. The summed E-state index contributed by atoms with van der Waals surface area (Å²) in [5.74, 6) is -0.118. The number of nitrogens with one attached hydrogen (secondary N) is 1. The fourth-order valence-electron chi connectivity index (χ4n) is 2.68. The maximum absolute atomic E-state index is 12.1. The van der Waals surface area contributed by atoms with Crippen LogP contribution < -0.4 is 5.32 Å². The molecule has 1 fully saturated rings. The van der Waals surface area contributed by atoms with Gasteiger partial charge in [0.25, 0.3) is 5.91 Å². The first-order chi connectivity index (χ1) is 10.4. The Morgan fingerprint density at radius 1 is 1.32 bits per heavy atom. The van der Waals surface area contributed by atoms with Gasteiger partial charge in [0.2, 0.25) is 0 Å². The molecule has 1 amide bonds. The summed E-state index contributed by atoms with van der Waals surface area (Å²) in [7, 11) is 0. The van der Waals surface area contributed by atoms with Crippen molar-refractivity contribution in [3.8, 4) is 0 Å². The number of rotatable bonds is 5. The number of hydrogen-bond donors (Lipinski definition) is 1. The van der Waals surface area contributed by atoms with Crippen molar-refractivity contribution in [2.75, 3.05) is 19.6 Å². The lowest BCUT2D eigenvalue weighted by molar-refractivity contribution is -0.0778. The zero-order chi connectivity index (χ0) is 16.3. The van der Waals surface area contributed by atoms with Gasteiger partial charge in [-0.05, 0) is 39.8 Å². The molecule has 5 nitrogen and oxygen atoms in total. The fraction of sp³-hybridized carbons (Fsp3) is 0.625. The minimum Gasteiger partial charge on any atom is -0.373 e. The number of Topliss-reactive ketones (excluding diaryl/α,β-unsaturated/α-hetero) is 1. The first kappa shape index (κ1) is 17.1. The summed E-state index contributed by atoms with van der Waals surface area (Å²) >= 11 is 1.24. The van der Waals surface area contributed by atoms with Crippen LogP contribution in [0.15, 0.2) is 12.1 Å². The van der Waals surface area contributed by atoms with E-state index in [1.54, 1.807) is 12.1 Å². The third-order valence-electron chi connectivity index (χ3n) is 3.81. The van der Waals surface area contributed by atoms with Crippen molar-refractivity contribution >= 4 is 23.0 Å². The third kappa shape index (κ3) is 4.38. The number of ether oxygens (including phenoxy) is 1. The monoisotopic (exact) mass is 324 g/mol. The zero-order valence-electron chi connectivity index (χ0n) is 13.6. The molecule has 3 atom stereocenters. The van der Waals surface area contributed by atoms with Crippen molar-refractivity contribution in [3.05, 3.63) is 21.9 Å². The summed E-state index contributed by atoms with van der Waals surface area (Å²) in [5.41, 5.74) is 0. The summed E-state index contributed by atoms with van der Waals surface area (Å²) in [4.78, 5) is 27.0. The minimum atomic E-state index is -0.112. The van der Waals surface area contributed by atoms with Gasteiger partial charge in [-0.1, -0.05) is 0 Å². The fourth-order valence-corrected chi connectivity index (χ4v) is 3.50.